The minimum absolute atomic E-state index is 0.0828. The summed E-state index contributed by atoms with van der Waals surface area (Å²) in [5.41, 5.74) is 0.520. The van der Waals surface area contributed by atoms with Gasteiger partial charge in [-0.2, -0.15) is 0 Å². The topological polar surface area (TPSA) is 46.1 Å². The second-order valence-corrected chi connectivity index (χ2v) is 5.26. The van der Waals surface area contributed by atoms with Gasteiger partial charge in [0.25, 0.3) is 5.91 Å². The van der Waals surface area contributed by atoms with E-state index in [1.807, 2.05) is 0 Å². The lowest BCUT2D eigenvalue weighted by Crippen LogP contribution is -2.31. The number of likely N-dealkylation sites (tertiary alicyclic amines) is 1. The van der Waals surface area contributed by atoms with Gasteiger partial charge >= 0.3 is 0 Å². The van der Waals surface area contributed by atoms with Crippen molar-refractivity contribution >= 4 is 17.5 Å². The summed E-state index contributed by atoms with van der Waals surface area (Å²) < 4.78 is 0. The summed E-state index contributed by atoms with van der Waals surface area (Å²) in [5, 5.41) is 0.254. The SMILES string of the molecule is CC1(C)CCN(C(=O)c2cncc(Cl)n2)C1. The van der Waals surface area contributed by atoms with Gasteiger partial charge in [0.1, 0.15) is 10.8 Å². The Balaban J connectivity index is 2.15. The van der Waals surface area contributed by atoms with Crippen LogP contribution in [0.2, 0.25) is 5.15 Å². The van der Waals surface area contributed by atoms with Crippen LogP contribution in [0.4, 0.5) is 0 Å². The molecule has 1 aromatic rings. The van der Waals surface area contributed by atoms with E-state index in [2.05, 4.69) is 23.8 Å². The smallest absolute Gasteiger partial charge is 0.274 e. The van der Waals surface area contributed by atoms with Gasteiger partial charge in [0.2, 0.25) is 0 Å². The van der Waals surface area contributed by atoms with E-state index in [9.17, 15) is 4.79 Å². The molecule has 1 aliphatic rings. The highest BCUT2D eigenvalue weighted by Gasteiger charge is 2.32. The quantitative estimate of drug-likeness (QED) is 0.753. The number of aromatic nitrogens is 2. The third-order valence-electron chi connectivity index (χ3n) is 2.79. The maximum atomic E-state index is 12.1. The maximum absolute atomic E-state index is 12.1. The number of carbonyl (C=O) groups excluding carboxylic acids is 1. The summed E-state index contributed by atoms with van der Waals surface area (Å²) in [7, 11) is 0. The average Bonchev–Trinajstić information content (AvgIpc) is 2.58. The van der Waals surface area contributed by atoms with Gasteiger partial charge in [0, 0.05) is 13.1 Å². The van der Waals surface area contributed by atoms with Crippen LogP contribution in [0.1, 0.15) is 30.8 Å². The monoisotopic (exact) mass is 239 g/mol. The van der Waals surface area contributed by atoms with Crippen molar-refractivity contribution in [2.45, 2.75) is 20.3 Å². The molecule has 1 amide bonds. The van der Waals surface area contributed by atoms with Crippen molar-refractivity contribution in [2.75, 3.05) is 13.1 Å². The summed E-state index contributed by atoms with van der Waals surface area (Å²) in [5.74, 6) is -0.0828. The van der Waals surface area contributed by atoms with Crippen LogP contribution < -0.4 is 0 Å². The Morgan fingerprint density at radius 1 is 1.50 bits per heavy atom. The molecule has 0 atom stereocenters. The van der Waals surface area contributed by atoms with Crippen molar-refractivity contribution in [3.63, 3.8) is 0 Å². The van der Waals surface area contributed by atoms with Crippen molar-refractivity contribution in [1.29, 1.82) is 0 Å². The molecule has 1 fully saturated rings. The normalized spacial score (nSPS) is 18.8. The standard InChI is InChI=1S/C11H14ClN3O/c1-11(2)3-4-15(7-11)10(16)8-5-13-6-9(12)14-8/h5-6H,3-4,7H2,1-2H3. The van der Waals surface area contributed by atoms with Crippen molar-refractivity contribution in [1.82, 2.24) is 14.9 Å². The van der Waals surface area contributed by atoms with E-state index in [1.165, 1.54) is 12.4 Å². The molecule has 0 saturated carbocycles. The first-order chi connectivity index (χ1) is 7.48. The molecule has 16 heavy (non-hydrogen) atoms. The van der Waals surface area contributed by atoms with Gasteiger partial charge in [-0.3, -0.25) is 9.78 Å². The molecule has 2 rings (SSSR count). The third-order valence-corrected chi connectivity index (χ3v) is 2.97. The predicted octanol–water partition coefficient (Wildman–Crippen LogP) is 2.00. The van der Waals surface area contributed by atoms with Crippen molar-refractivity contribution in [3.8, 4) is 0 Å². The number of nitrogens with zero attached hydrogens (tertiary/aromatic N) is 3. The van der Waals surface area contributed by atoms with E-state index >= 15 is 0 Å². The zero-order valence-corrected chi connectivity index (χ0v) is 10.2. The second kappa shape index (κ2) is 4.01. The average molecular weight is 240 g/mol. The van der Waals surface area contributed by atoms with Crippen LogP contribution in [0.3, 0.4) is 0 Å². The summed E-state index contributed by atoms with van der Waals surface area (Å²) >= 11 is 5.71. The zero-order valence-electron chi connectivity index (χ0n) is 9.40. The van der Waals surface area contributed by atoms with Crippen LogP contribution in [0.25, 0.3) is 0 Å². The third kappa shape index (κ3) is 2.32. The Labute approximate surface area is 99.6 Å². The van der Waals surface area contributed by atoms with Crippen molar-refractivity contribution < 1.29 is 4.79 Å². The number of hydrogen-bond acceptors (Lipinski definition) is 3. The maximum Gasteiger partial charge on any atom is 0.274 e. The van der Waals surface area contributed by atoms with Gasteiger partial charge < -0.3 is 4.90 Å². The fourth-order valence-corrected chi connectivity index (χ4v) is 2.04. The second-order valence-electron chi connectivity index (χ2n) is 4.87. The molecule has 4 nitrogen and oxygen atoms in total. The number of carbonyl (C=O) groups is 1. The van der Waals surface area contributed by atoms with Gasteiger partial charge in [0.15, 0.2) is 0 Å². The van der Waals surface area contributed by atoms with Gasteiger partial charge in [-0.1, -0.05) is 25.4 Å². The molecular formula is C11H14ClN3O. The first kappa shape index (κ1) is 11.3. The van der Waals surface area contributed by atoms with Gasteiger partial charge in [-0.15, -0.1) is 0 Å². The van der Waals surface area contributed by atoms with Crippen molar-refractivity contribution in [2.24, 2.45) is 5.41 Å². The molecule has 0 aromatic carbocycles. The number of hydrogen-bond donors (Lipinski definition) is 0. The van der Waals surface area contributed by atoms with E-state index in [0.717, 1.165) is 19.5 Å². The molecule has 5 heteroatoms. The molecule has 2 heterocycles. The lowest BCUT2D eigenvalue weighted by molar-refractivity contribution is 0.0772. The fourth-order valence-electron chi connectivity index (χ4n) is 1.89. The van der Waals surface area contributed by atoms with Crippen LogP contribution in [0.5, 0.6) is 0 Å². The highest BCUT2D eigenvalue weighted by molar-refractivity contribution is 6.29. The predicted molar refractivity (Wildman–Crippen MR) is 61.3 cm³/mol. The van der Waals surface area contributed by atoms with E-state index in [1.54, 1.807) is 4.90 Å². The molecule has 0 radical (unpaired) electrons. The molecule has 0 N–H and O–H groups in total. The van der Waals surface area contributed by atoms with Gasteiger partial charge in [0.05, 0.1) is 12.4 Å². The van der Waals surface area contributed by atoms with E-state index < -0.39 is 0 Å². The molecular weight excluding hydrogens is 226 g/mol. The molecule has 1 aromatic heterocycles. The number of amides is 1. The molecule has 1 aliphatic heterocycles. The minimum atomic E-state index is -0.0828. The first-order valence-electron chi connectivity index (χ1n) is 5.25. The minimum Gasteiger partial charge on any atom is -0.337 e. The fraction of sp³-hybridized carbons (Fsp3) is 0.545. The number of rotatable bonds is 1. The van der Waals surface area contributed by atoms with Crippen molar-refractivity contribution in [3.05, 3.63) is 23.2 Å². The Kier molecular flexibility index (Phi) is 2.84. The van der Waals surface area contributed by atoms with Crippen LogP contribution in [-0.2, 0) is 0 Å². The van der Waals surface area contributed by atoms with Crippen LogP contribution in [-0.4, -0.2) is 33.9 Å². The first-order valence-corrected chi connectivity index (χ1v) is 5.63. The summed E-state index contributed by atoms with van der Waals surface area (Å²) in [6, 6.07) is 0. The van der Waals surface area contributed by atoms with E-state index in [-0.39, 0.29) is 16.5 Å². The van der Waals surface area contributed by atoms with Gasteiger partial charge in [-0.25, -0.2) is 4.98 Å². The molecule has 0 bridgehead atoms. The summed E-state index contributed by atoms with van der Waals surface area (Å²) in [6.07, 6.45) is 3.90. The highest BCUT2D eigenvalue weighted by Crippen LogP contribution is 2.29. The lowest BCUT2D eigenvalue weighted by Gasteiger charge is -2.19. The molecule has 0 unspecified atom stereocenters. The summed E-state index contributed by atoms with van der Waals surface area (Å²) in [6.45, 7) is 5.86. The lowest BCUT2D eigenvalue weighted by atomic mass is 9.93. The Morgan fingerprint density at radius 3 is 2.81 bits per heavy atom. The zero-order chi connectivity index (χ0) is 11.8. The molecule has 0 aliphatic carbocycles. The van der Waals surface area contributed by atoms with E-state index in [4.69, 9.17) is 11.6 Å². The highest BCUT2D eigenvalue weighted by atomic mass is 35.5. The Morgan fingerprint density at radius 2 is 2.25 bits per heavy atom. The molecule has 86 valence electrons. The number of halogens is 1. The largest absolute Gasteiger partial charge is 0.337 e. The summed E-state index contributed by atoms with van der Waals surface area (Å²) in [4.78, 5) is 21.7. The Hall–Kier alpha value is -1.16. The van der Waals surface area contributed by atoms with Crippen LogP contribution >= 0.6 is 11.6 Å². The molecule has 1 saturated heterocycles. The Bertz CT molecular complexity index is 419. The van der Waals surface area contributed by atoms with Crippen LogP contribution in [0, 0.1) is 5.41 Å². The van der Waals surface area contributed by atoms with Gasteiger partial charge in [-0.05, 0) is 11.8 Å². The molecule has 0 spiro atoms. The van der Waals surface area contributed by atoms with E-state index in [0.29, 0.717) is 5.69 Å². The van der Waals surface area contributed by atoms with Crippen LogP contribution in [0.15, 0.2) is 12.4 Å².